The first kappa shape index (κ1) is 37.8. The third-order valence-electron chi connectivity index (χ3n) is 12.8. The molecule has 0 aromatic heterocycles. The Kier molecular flexibility index (Phi) is 10.9. The third kappa shape index (κ3) is 5.88. The van der Waals surface area contributed by atoms with E-state index >= 15 is 0 Å². The molecule has 0 fully saturated rings. The van der Waals surface area contributed by atoms with E-state index in [0.717, 1.165) is 25.7 Å². The molecule has 263 valence electrons. The summed E-state index contributed by atoms with van der Waals surface area (Å²) in [6.45, 7) is 23.6. The van der Waals surface area contributed by atoms with Gasteiger partial charge in [-0.15, -0.1) is 0 Å². The number of aryl methyl sites for hydroxylation is 4. The van der Waals surface area contributed by atoms with Crippen LogP contribution in [0.2, 0.25) is 13.1 Å². The van der Waals surface area contributed by atoms with Crippen molar-refractivity contribution in [3.05, 3.63) is 128 Å². The Morgan fingerprint density at radius 2 is 0.980 bits per heavy atom. The Balaban J connectivity index is 1.69. The van der Waals surface area contributed by atoms with Gasteiger partial charge in [-0.25, -0.2) is 0 Å². The molecule has 50 heavy (non-hydrogen) atoms. The van der Waals surface area contributed by atoms with Crippen molar-refractivity contribution in [3.63, 3.8) is 0 Å². The molecule has 4 heteroatoms. The standard InChI is InChI=1S/2C22H25.C2H7Si.2ClH.Zr/c2*1-5-15(3)19-13-18-12-11-16(4)22(21(18)14-19)20-10-8-7-9-17(20)6-2;1-3-2;;;/h2*7-15H,5-6H2,1-4H3;3H,1-2H3;2*1H;/q;;;;;+2/p-2. The van der Waals surface area contributed by atoms with Gasteiger partial charge in [0, 0.05) is 0 Å². The molecule has 0 nitrogen and oxygen atoms in total. The zero-order valence-electron chi connectivity index (χ0n) is 32.1. The van der Waals surface area contributed by atoms with Gasteiger partial charge in [-0.2, -0.15) is 0 Å². The fraction of sp³-hybridized carbons (Fsp3) is 0.391. The molecule has 0 aliphatic heterocycles. The van der Waals surface area contributed by atoms with Crippen LogP contribution in [0.5, 0.6) is 0 Å². The van der Waals surface area contributed by atoms with Crippen LogP contribution in [0.4, 0.5) is 0 Å². The maximum absolute atomic E-state index is 8.94. The van der Waals surface area contributed by atoms with Crippen molar-refractivity contribution in [2.45, 2.75) is 101 Å². The molecule has 2 aliphatic carbocycles. The maximum atomic E-state index is 8.94. The van der Waals surface area contributed by atoms with E-state index in [0.29, 0.717) is 11.8 Å². The van der Waals surface area contributed by atoms with Crippen molar-refractivity contribution in [3.8, 4) is 22.3 Å². The molecule has 0 saturated carbocycles. The van der Waals surface area contributed by atoms with E-state index in [1.165, 1.54) is 77.9 Å². The molecule has 0 saturated heterocycles. The summed E-state index contributed by atoms with van der Waals surface area (Å²) in [5, 5.41) is 0. The van der Waals surface area contributed by atoms with Crippen molar-refractivity contribution in [2.24, 2.45) is 11.8 Å². The van der Waals surface area contributed by atoms with Crippen molar-refractivity contribution in [2.75, 3.05) is 0 Å². The quantitative estimate of drug-likeness (QED) is 0.133. The number of rotatable bonds is 11. The minimum atomic E-state index is -4.98. The topological polar surface area (TPSA) is 0 Å². The van der Waals surface area contributed by atoms with Crippen molar-refractivity contribution in [1.29, 1.82) is 0 Å². The third-order valence-corrected chi connectivity index (χ3v) is 64.5. The van der Waals surface area contributed by atoms with Gasteiger partial charge in [0.25, 0.3) is 0 Å². The average Bonchev–Trinajstić information content (AvgIpc) is 3.72. The molecule has 4 aromatic rings. The zero-order chi connectivity index (χ0) is 36.1. The molecule has 4 atom stereocenters. The van der Waals surface area contributed by atoms with Gasteiger partial charge in [-0.3, -0.25) is 0 Å². The average molecular weight is 800 g/mol. The zero-order valence-corrected chi connectivity index (χ0v) is 37.2. The van der Waals surface area contributed by atoms with Gasteiger partial charge < -0.3 is 0 Å². The summed E-state index contributed by atoms with van der Waals surface area (Å²) in [6, 6.07) is 27.6. The molecule has 0 bridgehead atoms. The van der Waals surface area contributed by atoms with E-state index in [4.69, 9.17) is 17.0 Å². The molecule has 0 N–H and O–H groups in total. The Labute approximate surface area is 312 Å². The Morgan fingerprint density at radius 1 is 0.600 bits per heavy atom. The molecule has 0 heterocycles. The van der Waals surface area contributed by atoms with E-state index in [-0.39, 0.29) is 7.25 Å². The molecule has 0 radical (unpaired) electrons. The second-order valence-corrected chi connectivity index (χ2v) is 58.2. The normalized spacial score (nSPS) is 19.0. The summed E-state index contributed by atoms with van der Waals surface area (Å²) >= 11 is -4.98. The van der Waals surface area contributed by atoms with Crippen LogP contribution < -0.4 is 0 Å². The second kappa shape index (κ2) is 14.5. The van der Waals surface area contributed by atoms with Gasteiger partial charge >= 0.3 is 315 Å². The Bertz CT molecular complexity index is 1860. The molecular formula is C46H57Cl2SiZr. The summed E-state index contributed by atoms with van der Waals surface area (Å²) in [7, 11) is 17.9. The molecular weight excluding hydrogens is 743 g/mol. The predicted molar refractivity (Wildman–Crippen MR) is 223 cm³/mol. The Hall–Kier alpha value is -1.96. The summed E-state index contributed by atoms with van der Waals surface area (Å²) in [6.07, 6.45) is 9.28. The van der Waals surface area contributed by atoms with Crippen LogP contribution in [0, 0.1) is 25.7 Å². The first-order valence-electron chi connectivity index (χ1n) is 19.3. The second-order valence-electron chi connectivity index (χ2n) is 15.7. The monoisotopic (exact) mass is 797 g/mol. The SMILES string of the molecule is CCc1ccccc1-c1c(C)ccc2c1C=C(C(C)CC)[CH]2[Zr]([Cl])([Cl])([CH]1C(C(C)CC)=Cc2c1ccc(C)c2-c1ccccc1CC)[SiH](C)C. The first-order chi connectivity index (χ1) is 23.8. The van der Waals surface area contributed by atoms with Crippen LogP contribution in [0.1, 0.15) is 106 Å². The van der Waals surface area contributed by atoms with E-state index in [1.807, 2.05) is 0 Å². The van der Waals surface area contributed by atoms with Crippen LogP contribution >= 0.6 is 17.0 Å². The fourth-order valence-corrected chi connectivity index (χ4v) is 40.7. The predicted octanol–water partition coefficient (Wildman–Crippen LogP) is 14.4. The fourth-order valence-electron chi connectivity index (χ4n) is 9.41. The van der Waals surface area contributed by atoms with Crippen molar-refractivity contribution in [1.82, 2.24) is 0 Å². The van der Waals surface area contributed by atoms with Crippen molar-refractivity contribution >= 4 is 35.1 Å². The van der Waals surface area contributed by atoms with Gasteiger partial charge in [-0.1, -0.05) is 0 Å². The van der Waals surface area contributed by atoms with Crippen LogP contribution in [-0.4, -0.2) is 5.92 Å². The number of hydrogen-bond donors (Lipinski definition) is 0. The van der Waals surface area contributed by atoms with Gasteiger partial charge in [0.05, 0.1) is 0 Å². The van der Waals surface area contributed by atoms with Gasteiger partial charge in [0.15, 0.2) is 0 Å². The summed E-state index contributed by atoms with van der Waals surface area (Å²) in [5.74, 6) is -0.916. The Morgan fingerprint density at radius 3 is 1.32 bits per heavy atom. The van der Waals surface area contributed by atoms with Gasteiger partial charge in [0.2, 0.25) is 0 Å². The number of fused-ring (bicyclic) bond motifs is 2. The van der Waals surface area contributed by atoms with Crippen LogP contribution in [-0.2, 0) is 28.4 Å². The van der Waals surface area contributed by atoms with Crippen molar-refractivity contribution < 1.29 is 15.6 Å². The number of allylic oxidation sites excluding steroid dienone is 2. The van der Waals surface area contributed by atoms with Crippen LogP contribution in [0.15, 0.2) is 83.9 Å². The van der Waals surface area contributed by atoms with E-state index in [1.54, 1.807) is 0 Å². The van der Waals surface area contributed by atoms with E-state index < -0.39 is 21.5 Å². The molecule has 0 spiro atoms. The summed E-state index contributed by atoms with van der Waals surface area (Å²) in [4.78, 5) is 0. The van der Waals surface area contributed by atoms with Gasteiger partial charge in [-0.05, 0) is 0 Å². The van der Waals surface area contributed by atoms with Gasteiger partial charge in [0.1, 0.15) is 0 Å². The minimum absolute atomic E-state index is 0.0839. The number of benzene rings is 4. The number of halogens is 2. The van der Waals surface area contributed by atoms with Crippen LogP contribution in [0.3, 0.4) is 0 Å². The van der Waals surface area contributed by atoms with E-state index in [2.05, 4.69) is 153 Å². The molecule has 6 rings (SSSR count). The molecule has 4 aromatic carbocycles. The van der Waals surface area contributed by atoms with Crippen LogP contribution in [0.25, 0.3) is 34.4 Å². The number of hydrogen-bond acceptors (Lipinski definition) is 0. The molecule has 4 unspecified atom stereocenters. The molecule has 2 aliphatic rings. The summed E-state index contributed by atoms with van der Waals surface area (Å²) in [5.41, 5.74) is 19.4. The molecule has 0 amide bonds. The summed E-state index contributed by atoms with van der Waals surface area (Å²) < 4.78 is 0.168. The van der Waals surface area contributed by atoms with E-state index in [9.17, 15) is 0 Å². The first-order valence-corrected chi connectivity index (χ1v) is 35.6.